The van der Waals surface area contributed by atoms with Gasteiger partial charge in [0.1, 0.15) is 0 Å². The van der Waals surface area contributed by atoms with Crippen LogP contribution in [0.2, 0.25) is 0 Å². The van der Waals surface area contributed by atoms with Gasteiger partial charge < -0.3 is 10.1 Å². The van der Waals surface area contributed by atoms with Crippen molar-refractivity contribution in [2.75, 3.05) is 11.9 Å². The third-order valence-electron chi connectivity index (χ3n) is 4.47. The van der Waals surface area contributed by atoms with E-state index in [0.29, 0.717) is 17.7 Å². The molecule has 1 N–H and O–H groups in total. The van der Waals surface area contributed by atoms with Crippen LogP contribution in [0.15, 0.2) is 24.3 Å². The Balaban J connectivity index is 2.01. The standard InChI is InChI=1S/C16H22N2O/c1-4-16(3)14(10-15(16)19-5-2)18-13-8-6-12(11-17)7-9-13/h6-9,14-15,18H,4-5,10H2,1-3H3. The minimum Gasteiger partial charge on any atom is -0.382 e. The molecule has 0 heterocycles. The van der Waals surface area contributed by atoms with Crippen LogP contribution in [0.3, 0.4) is 0 Å². The third-order valence-corrected chi connectivity index (χ3v) is 4.47. The van der Waals surface area contributed by atoms with E-state index in [9.17, 15) is 0 Å². The summed E-state index contributed by atoms with van der Waals surface area (Å²) in [4.78, 5) is 0. The molecule has 1 fully saturated rings. The normalized spacial score (nSPS) is 29.4. The fourth-order valence-corrected chi connectivity index (χ4v) is 2.82. The molecule has 1 aromatic carbocycles. The maximum Gasteiger partial charge on any atom is 0.0991 e. The highest BCUT2D eigenvalue weighted by Crippen LogP contribution is 2.47. The van der Waals surface area contributed by atoms with Crippen molar-refractivity contribution in [3.8, 4) is 6.07 Å². The first kappa shape index (κ1) is 13.9. The Kier molecular flexibility index (Phi) is 4.11. The van der Waals surface area contributed by atoms with E-state index >= 15 is 0 Å². The van der Waals surface area contributed by atoms with E-state index in [1.165, 1.54) is 0 Å². The van der Waals surface area contributed by atoms with Gasteiger partial charge in [0.05, 0.1) is 17.7 Å². The van der Waals surface area contributed by atoms with Crippen LogP contribution < -0.4 is 5.32 Å². The van der Waals surface area contributed by atoms with E-state index in [-0.39, 0.29) is 5.41 Å². The molecule has 3 unspecified atom stereocenters. The Labute approximate surface area is 115 Å². The molecule has 102 valence electrons. The van der Waals surface area contributed by atoms with Crippen LogP contribution in [0.1, 0.15) is 39.2 Å². The summed E-state index contributed by atoms with van der Waals surface area (Å²) < 4.78 is 5.81. The topological polar surface area (TPSA) is 45.0 Å². The molecule has 1 aromatic rings. The number of nitrogens with zero attached hydrogens (tertiary/aromatic N) is 1. The fraction of sp³-hybridized carbons (Fsp3) is 0.562. The molecular formula is C16H22N2O. The summed E-state index contributed by atoms with van der Waals surface area (Å²) in [6, 6.07) is 10.2. The minimum absolute atomic E-state index is 0.198. The molecule has 19 heavy (non-hydrogen) atoms. The Hall–Kier alpha value is -1.53. The summed E-state index contributed by atoms with van der Waals surface area (Å²) in [5.41, 5.74) is 1.98. The second kappa shape index (κ2) is 5.63. The lowest BCUT2D eigenvalue weighted by Crippen LogP contribution is -2.59. The van der Waals surface area contributed by atoms with Crippen LogP contribution in [0, 0.1) is 16.7 Å². The predicted octanol–water partition coefficient (Wildman–Crippen LogP) is 3.56. The van der Waals surface area contributed by atoms with Gasteiger partial charge in [-0.1, -0.05) is 13.8 Å². The van der Waals surface area contributed by atoms with Gasteiger partial charge in [-0.25, -0.2) is 0 Å². The fourth-order valence-electron chi connectivity index (χ4n) is 2.82. The van der Waals surface area contributed by atoms with E-state index in [2.05, 4.69) is 32.2 Å². The van der Waals surface area contributed by atoms with Crippen molar-refractivity contribution >= 4 is 5.69 Å². The predicted molar refractivity (Wildman–Crippen MR) is 77.0 cm³/mol. The molecule has 2 rings (SSSR count). The summed E-state index contributed by atoms with van der Waals surface area (Å²) in [5, 5.41) is 12.4. The first-order chi connectivity index (χ1) is 9.13. The number of benzene rings is 1. The van der Waals surface area contributed by atoms with Crippen molar-refractivity contribution in [3.63, 3.8) is 0 Å². The van der Waals surface area contributed by atoms with Crippen molar-refractivity contribution in [3.05, 3.63) is 29.8 Å². The second-order valence-corrected chi connectivity index (χ2v) is 5.43. The molecule has 1 aliphatic carbocycles. The first-order valence-corrected chi connectivity index (χ1v) is 7.02. The molecule has 0 aliphatic heterocycles. The van der Waals surface area contributed by atoms with Crippen LogP contribution in [0.5, 0.6) is 0 Å². The number of nitrogens with one attached hydrogen (secondary N) is 1. The van der Waals surface area contributed by atoms with Crippen LogP contribution >= 0.6 is 0 Å². The number of rotatable bonds is 5. The first-order valence-electron chi connectivity index (χ1n) is 7.02. The highest BCUT2D eigenvalue weighted by Gasteiger charge is 2.51. The summed E-state index contributed by atoms with van der Waals surface area (Å²) in [7, 11) is 0. The van der Waals surface area contributed by atoms with Gasteiger partial charge in [0, 0.05) is 23.8 Å². The quantitative estimate of drug-likeness (QED) is 0.878. The van der Waals surface area contributed by atoms with E-state index in [1.54, 1.807) is 0 Å². The van der Waals surface area contributed by atoms with Crippen molar-refractivity contribution in [1.82, 2.24) is 0 Å². The Morgan fingerprint density at radius 2 is 2.05 bits per heavy atom. The number of nitriles is 1. The van der Waals surface area contributed by atoms with Gasteiger partial charge in [-0.2, -0.15) is 5.26 Å². The van der Waals surface area contributed by atoms with Crippen LogP contribution in [-0.2, 0) is 4.74 Å². The number of hydrogen-bond donors (Lipinski definition) is 1. The average Bonchev–Trinajstić information content (AvgIpc) is 2.46. The highest BCUT2D eigenvalue weighted by atomic mass is 16.5. The average molecular weight is 258 g/mol. The molecule has 3 heteroatoms. The maximum atomic E-state index is 8.80. The van der Waals surface area contributed by atoms with E-state index in [1.807, 2.05) is 24.3 Å². The Bertz CT molecular complexity index is 463. The van der Waals surface area contributed by atoms with Gasteiger partial charge >= 0.3 is 0 Å². The molecule has 0 amide bonds. The summed E-state index contributed by atoms with van der Waals surface area (Å²) >= 11 is 0. The maximum absolute atomic E-state index is 8.80. The second-order valence-electron chi connectivity index (χ2n) is 5.43. The Morgan fingerprint density at radius 1 is 1.37 bits per heavy atom. The van der Waals surface area contributed by atoms with Crippen molar-refractivity contribution in [1.29, 1.82) is 5.26 Å². The minimum atomic E-state index is 0.198. The lowest BCUT2D eigenvalue weighted by atomic mass is 9.61. The van der Waals surface area contributed by atoms with Crippen LogP contribution in [-0.4, -0.2) is 18.8 Å². The molecule has 1 aliphatic rings. The summed E-state index contributed by atoms with van der Waals surface area (Å²) in [5.74, 6) is 0. The zero-order valence-corrected chi connectivity index (χ0v) is 11.9. The zero-order valence-electron chi connectivity index (χ0n) is 11.9. The van der Waals surface area contributed by atoms with Crippen LogP contribution in [0.25, 0.3) is 0 Å². The van der Waals surface area contributed by atoms with Gasteiger partial charge in [0.15, 0.2) is 0 Å². The molecule has 0 saturated heterocycles. The molecule has 3 nitrogen and oxygen atoms in total. The van der Waals surface area contributed by atoms with Crippen LogP contribution in [0.4, 0.5) is 5.69 Å². The number of anilines is 1. The van der Waals surface area contributed by atoms with Crippen molar-refractivity contribution in [2.24, 2.45) is 5.41 Å². The lowest BCUT2D eigenvalue weighted by Gasteiger charge is -2.54. The molecule has 0 radical (unpaired) electrons. The van der Waals surface area contributed by atoms with Gasteiger partial charge in [0.2, 0.25) is 0 Å². The molecule has 3 atom stereocenters. The highest BCUT2D eigenvalue weighted by molar-refractivity contribution is 5.48. The van der Waals surface area contributed by atoms with Gasteiger partial charge in [-0.05, 0) is 44.0 Å². The summed E-state index contributed by atoms with van der Waals surface area (Å²) in [6.07, 6.45) is 2.52. The molecule has 0 aromatic heterocycles. The molecule has 0 spiro atoms. The lowest BCUT2D eigenvalue weighted by molar-refractivity contribution is -0.109. The number of hydrogen-bond acceptors (Lipinski definition) is 3. The van der Waals surface area contributed by atoms with Crippen molar-refractivity contribution < 1.29 is 4.74 Å². The SMILES string of the molecule is CCOC1CC(Nc2ccc(C#N)cc2)C1(C)CC. The zero-order chi connectivity index (χ0) is 13.9. The van der Waals surface area contributed by atoms with Gasteiger partial charge in [-0.15, -0.1) is 0 Å². The monoisotopic (exact) mass is 258 g/mol. The van der Waals surface area contributed by atoms with E-state index in [0.717, 1.165) is 25.1 Å². The van der Waals surface area contributed by atoms with E-state index < -0.39 is 0 Å². The summed E-state index contributed by atoms with van der Waals surface area (Å²) in [6.45, 7) is 7.35. The molecule has 0 bridgehead atoms. The van der Waals surface area contributed by atoms with E-state index in [4.69, 9.17) is 10.00 Å². The number of ether oxygens (including phenoxy) is 1. The Morgan fingerprint density at radius 3 is 2.58 bits per heavy atom. The van der Waals surface area contributed by atoms with Crippen molar-refractivity contribution in [2.45, 2.75) is 45.8 Å². The van der Waals surface area contributed by atoms with Gasteiger partial charge in [0.25, 0.3) is 0 Å². The molecule has 1 saturated carbocycles. The molecular weight excluding hydrogens is 236 g/mol. The van der Waals surface area contributed by atoms with Gasteiger partial charge in [-0.3, -0.25) is 0 Å². The smallest absolute Gasteiger partial charge is 0.0991 e. The third kappa shape index (κ3) is 2.59. The largest absolute Gasteiger partial charge is 0.382 e.